The van der Waals surface area contributed by atoms with E-state index in [-0.39, 0.29) is 11.8 Å². The van der Waals surface area contributed by atoms with Crippen molar-refractivity contribution in [3.05, 3.63) is 64.8 Å². The first-order valence-corrected chi connectivity index (χ1v) is 8.94. The third-order valence-electron chi connectivity index (χ3n) is 4.59. The first kappa shape index (κ1) is 16.7. The van der Waals surface area contributed by atoms with E-state index in [1.807, 2.05) is 30.3 Å². The fourth-order valence-corrected chi connectivity index (χ4v) is 3.49. The second-order valence-electron chi connectivity index (χ2n) is 6.37. The zero-order chi connectivity index (χ0) is 18.1. The van der Waals surface area contributed by atoms with Gasteiger partial charge in [-0.05, 0) is 42.1 Å². The predicted octanol–water partition coefficient (Wildman–Crippen LogP) is 3.88. The Bertz CT molecular complexity index is 963. The van der Waals surface area contributed by atoms with Crippen LogP contribution in [0.15, 0.2) is 48.5 Å². The molecule has 1 aliphatic heterocycles. The van der Waals surface area contributed by atoms with Crippen molar-refractivity contribution in [1.29, 1.82) is 0 Å². The smallest absolute Gasteiger partial charge is 0.253 e. The van der Waals surface area contributed by atoms with Gasteiger partial charge in [0.25, 0.3) is 5.91 Å². The number of hydrogen-bond acceptors (Lipinski definition) is 2. The molecular formula is C20H18ClN3O2. The summed E-state index contributed by atoms with van der Waals surface area (Å²) in [5, 5.41) is 4.53. The van der Waals surface area contributed by atoms with E-state index >= 15 is 0 Å². The summed E-state index contributed by atoms with van der Waals surface area (Å²) in [7, 11) is 0. The summed E-state index contributed by atoms with van der Waals surface area (Å²) in [4.78, 5) is 29.7. The summed E-state index contributed by atoms with van der Waals surface area (Å²) >= 11 is 6.09. The molecular weight excluding hydrogens is 350 g/mol. The number of anilines is 1. The van der Waals surface area contributed by atoms with E-state index in [0.717, 1.165) is 23.0 Å². The fraction of sp³-hybridized carbons (Fsp3) is 0.200. The topological polar surface area (TPSA) is 65.2 Å². The molecule has 1 aliphatic rings. The van der Waals surface area contributed by atoms with Gasteiger partial charge in [-0.2, -0.15) is 0 Å². The van der Waals surface area contributed by atoms with Crippen LogP contribution < -0.4 is 10.2 Å². The Balaban J connectivity index is 1.55. The van der Waals surface area contributed by atoms with Gasteiger partial charge in [0.15, 0.2) is 0 Å². The number of rotatable bonds is 4. The molecule has 2 aromatic carbocycles. The third-order valence-corrected chi connectivity index (χ3v) is 4.83. The standard InChI is InChI=1S/C20H18ClN3O2/c21-14-7-8-16(18(11-14)24-9-3-6-19(24)25)20(26)22-12-15-10-13-4-1-2-5-17(13)23-15/h1-2,4-5,7-8,10-11,23H,3,6,9,12H2,(H,22,26). The normalized spacial score (nSPS) is 14.2. The number of amides is 2. The van der Waals surface area contributed by atoms with Gasteiger partial charge in [0.1, 0.15) is 0 Å². The Morgan fingerprint density at radius 3 is 2.81 bits per heavy atom. The van der Waals surface area contributed by atoms with Crippen LogP contribution in [0.2, 0.25) is 5.02 Å². The molecule has 3 aromatic rings. The summed E-state index contributed by atoms with van der Waals surface area (Å²) in [6.07, 6.45) is 1.30. The molecule has 1 fully saturated rings. The lowest BCUT2D eigenvalue weighted by molar-refractivity contribution is -0.117. The number of aromatic amines is 1. The monoisotopic (exact) mass is 367 g/mol. The van der Waals surface area contributed by atoms with Crippen LogP contribution in [0.4, 0.5) is 5.69 Å². The maximum atomic E-state index is 12.7. The number of para-hydroxylation sites is 1. The van der Waals surface area contributed by atoms with Crippen molar-refractivity contribution in [2.24, 2.45) is 0 Å². The number of nitrogens with zero attached hydrogens (tertiary/aromatic N) is 1. The Kier molecular flexibility index (Phi) is 4.39. The van der Waals surface area contributed by atoms with Gasteiger partial charge in [0.2, 0.25) is 5.91 Å². The second-order valence-corrected chi connectivity index (χ2v) is 6.81. The molecule has 26 heavy (non-hydrogen) atoms. The van der Waals surface area contributed by atoms with E-state index in [9.17, 15) is 9.59 Å². The highest BCUT2D eigenvalue weighted by atomic mass is 35.5. The van der Waals surface area contributed by atoms with Crippen molar-refractivity contribution in [2.75, 3.05) is 11.4 Å². The minimum Gasteiger partial charge on any atom is -0.357 e. The van der Waals surface area contributed by atoms with E-state index in [2.05, 4.69) is 10.3 Å². The van der Waals surface area contributed by atoms with Gasteiger partial charge in [-0.25, -0.2) is 0 Å². The van der Waals surface area contributed by atoms with Crippen LogP contribution in [-0.2, 0) is 11.3 Å². The number of carbonyl (C=O) groups excluding carboxylic acids is 2. The lowest BCUT2D eigenvalue weighted by Gasteiger charge is -2.19. The van der Waals surface area contributed by atoms with Crippen LogP contribution in [0, 0.1) is 0 Å². The lowest BCUT2D eigenvalue weighted by atomic mass is 10.1. The van der Waals surface area contributed by atoms with Crippen molar-refractivity contribution in [3.63, 3.8) is 0 Å². The number of H-pyrrole nitrogens is 1. The van der Waals surface area contributed by atoms with Crippen LogP contribution >= 0.6 is 11.6 Å². The van der Waals surface area contributed by atoms with Crippen LogP contribution in [0.25, 0.3) is 10.9 Å². The van der Waals surface area contributed by atoms with E-state index in [1.165, 1.54) is 0 Å². The molecule has 1 saturated heterocycles. The molecule has 4 rings (SSSR count). The molecule has 6 heteroatoms. The van der Waals surface area contributed by atoms with Crippen molar-refractivity contribution >= 4 is 40.0 Å². The Labute approximate surface area is 155 Å². The van der Waals surface area contributed by atoms with Gasteiger partial charge >= 0.3 is 0 Å². The quantitative estimate of drug-likeness (QED) is 0.735. The van der Waals surface area contributed by atoms with Gasteiger partial charge in [-0.3, -0.25) is 9.59 Å². The second kappa shape index (κ2) is 6.84. The van der Waals surface area contributed by atoms with Crippen LogP contribution in [0.3, 0.4) is 0 Å². The molecule has 5 nitrogen and oxygen atoms in total. The molecule has 0 aliphatic carbocycles. The number of aromatic nitrogens is 1. The first-order valence-electron chi connectivity index (χ1n) is 8.56. The highest BCUT2D eigenvalue weighted by Gasteiger charge is 2.26. The fourth-order valence-electron chi connectivity index (χ4n) is 3.32. The Morgan fingerprint density at radius 2 is 2.04 bits per heavy atom. The summed E-state index contributed by atoms with van der Waals surface area (Å²) in [6, 6.07) is 15.0. The Morgan fingerprint density at radius 1 is 1.19 bits per heavy atom. The third kappa shape index (κ3) is 3.18. The van der Waals surface area contributed by atoms with Crippen molar-refractivity contribution in [2.45, 2.75) is 19.4 Å². The molecule has 0 atom stereocenters. The van der Waals surface area contributed by atoms with Gasteiger partial charge in [-0.15, -0.1) is 0 Å². The van der Waals surface area contributed by atoms with Gasteiger partial charge in [0, 0.05) is 29.2 Å². The maximum Gasteiger partial charge on any atom is 0.253 e. The summed E-state index contributed by atoms with van der Waals surface area (Å²) in [5.74, 6) is -0.202. The molecule has 1 aromatic heterocycles. The number of nitrogens with one attached hydrogen (secondary N) is 2. The zero-order valence-corrected chi connectivity index (χ0v) is 14.8. The van der Waals surface area contributed by atoms with E-state index < -0.39 is 0 Å². The molecule has 0 radical (unpaired) electrons. The van der Waals surface area contributed by atoms with Crippen molar-refractivity contribution in [1.82, 2.24) is 10.3 Å². The Hall–Kier alpha value is -2.79. The van der Waals surface area contributed by atoms with E-state index in [4.69, 9.17) is 11.6 Å². The van der Waals surface area contributed by atoms with Crippen LogP contribution in [0.5, 0.6) is 0 Å². The lowest BCUT2D eigenvalue weighted by Crippen LogP contribution is -2.29. The van der Waals surface area contributed by atoms with Gasteiger partial charge in [0.05, 0.1) is 17.8 Å². The molecule has 0 saturated carbocycles. The van der Waals surface area contributed by atoms with Crippen LogP contribution in [-0.4, -0.2) is 23.3 Å². The summed E-state index contributed by atoms with van der Waals surface area (Å²) in [6.45, 7) is 0.991. The van der Waals surface area contributed by atoms with Crippen molar-refractivity contribution < 1.29 is 9.59 Å². The molecule has 2 N–H and O–H groups in total. The minimum absolute atomic E-state index is 0.0249. The average molecular weight is 368 g/mol. The molecule has 2 heterocycles. The highest BCUT2D eigenvalue weighted by molar-refractivity contribution is 6.31. The first-order chi connectivity index (χ1) is 12.6. The molecule has 0 spiro atoms. The van der Waals surface area contributed by atoms with Gasteiger partial charge in [-0.1, -0.05) is 29.8 Å². The number of carbonyl (C=O) groups is 2. The predicted molar refractivity (Wildman–Crippen MR) is 103 cm³/mol. The number of fused-ring (bicyclic) bond motifs is 1. The zero-order valence-electron chi connectivity index (χ0n) is 14.1. The number of halogens is 1. The minimum atomic E-state index is -0.227. The molecule has 2 amide bonds. The number of benzene rings is 2. The average Bonchev–Trinajstić information content (AvgIpc) is 3.25. The largest absolute Gasteiger partial charge is 0.357 e. The van der Waals surface area contributed by atoms with Crippen molar-refractivity contribution in [3.8, 4) is 0 Å². The van der Waals surface area contributed by atoms with E-state index in [1.54, 1.807) is 23.1 Å². The SMILES string of the molecule is O=C(NCc1cc2ccccc2[nH]1)c1ccc(Cl)cc1N1CCCC1=O. The summed E-state index contributed by atoms with van der Waals surface area (Å²) < 4.78 is 0. The highest BCUT2D eigenvalue weighted by Crippen LogP contribution is 2.28. The van der Waals surface area contributed by atoms with Gasteiger partial charge < -0.3 is 15.2 Å². The summed E-state index contributed by atoms with van der Waals surface area (Å²) in [5.41, 5.74) is 2.99. The maximum absolute atomic E-state index is 12.7. The number of hydrogen-bond donors (Lipinski definition) is 2. The molecule has 0 bridgehead atoms. The van der Waals surface area contributed by atoms with E-state index in [0.29, 0.717) is 35.8 Å². The molecule has 0 unspecified atom stereocenters. The van der Waals surface area contributed by atoms with Crippen LogP contribution in [0.1, 0.15) is 28.9 Å². The molecule has 132 valence electrons.